The molecule has 1 N–H and O–H groups in total. The van der Waals surface area contributed by atoms with Gasteiger partial charge in [0.25, 0.3) is 0 Å². The molecular formula is C24H26ClN5O4S2. The molecule has 190 valence electrons. The average molecular weight is 548 g/mol. The molecule has 0 atom stereocenters. The first-order chi connectivity index (χ1) is 17.3. The van der Waals surface area contributed by atoms with E-state index in [0.29, 0.717) is 47.6 Å². The van der Waals surface area contributed by atoms with Crippen LogP contribution < -0.4 is 5.32 Å². The third kappa shape index (κ3) is 6.15. The number of halogens is 1. The first-order valence-corrected chi connectivity index (χ1v) is 14.3. The van der Waals surface area contributed by atoms with Crippen LogP contribution in [0.1, 0.15) is 35.9 Å². The third-order valence-corrected chi connectivity index (χ3v) is 8.78. The number of nitrogens with one attached hydrogen (secondary N) is 1. The van der Waals surface area contributed by atoms with E-state index in [1.54, 1.807) is 24.3 Å². The summed E-state index contributed by atoms with van der Waals surface area (Å²) in [5, 5.41) is 12.3. The van der Waals surface area contributed by atoms with Crippen LogP contribution in [0.25, 0.3) is 5.69 Å². The number of carbonyl (C=O) groups is 2. The van der Waals surface area contributed by atoms with E-state index in [1.807, 2.05) is 16.7 Å². The van der Waals surface area contributed by atoms with E-state index in [-0.39, 0.29) is 22.3 Å². The predicted octanol–water partition coefficient (Wildman–Crippen LogP) is 3.36. The smallest absolute Gasteiger partial charge is 0.243 e. The zero-order valence-electron chi connectivity index (χ0n) is 19.7. The van der Waals surface area contributed by atoms with Gasteiger partial charge in [0.05, 0.1) is 16.3 Å². The Morgan fingerprint density at radius 2 is 1.81 bits per heavy atom. The van der Waals surface area contributed by atoms with Gasteiger partial charge in [0, 0.05) is 43.6 Å². The lowest BCUT2D eigenvalue weighted by atomic mass is 10.1. The second kappa shape index (κ2) is 11.5. The van der Waals surface area contributed by atoms with Crippen LogP contribution in [0.15, 0.2) is 58.6 Å². The van der Waals surface area contributed by atoms with Gasteiger partial charge >= 0.3 is 0 Å². The number of ketones is 1. The topological polar surface area (TPSA) is 114 Å². The van der Waals surface area contributed by atoms with Crippen LogP contribution in [0.3, 0.4) is 0 Å². The number of amides is 1. The molecule has 36 heavy (non-hydrogen) atoms. The second-order valence-electron chi connectivity index (χ2n) is 8.29. The van der Waals surface area contributed by atoms with Crippen LogP contribution >= 0.6 is 23.4 Å². The van der Waals surface area contributed by atoms with Crippen molar-refractivity contribution in [3.05, 3.63) is 64.9 Å². The lowest BCUT2D eigenvalue weighted by Crippen LogP contribution is -2.27. The SMILES string of the molecule is CC(=O)NCCc1nnc(SCC(=O)c2ccc(S(=O)(=O)N3CCCC3)cc2)n1-c1cccc(Cl)c1. The summed E-state index contributed by atoms with van der Waals surface area (Å²) in [6.07, 6.45) is 2.17. The lowest BCUT2D eigenvalue weighted by Gasteiger charge is -2.15. The molecule has 0 unspecified atom stereocenters. The van der Waals surface area contributed by atoms with E-state index in [2.05, 4.69) is 15.5 Å². The predicted molar refractivity (Wildman–Crippen MR) is 138 cm³/mol. The van der Waals surface area contributed by atoms with Gasteiger partial charge in [-0.2, -0.15) is 4.31 Å². The summed E-state index contributed by atoms with van der Waals surface area (Å²) in [7, 11) is -3.53. The number of aromatic nitrogens is 3. The normalized spacial score (nSPS) is 14.2. The minimum absolute atomic E-state index is 0.0859. The molecule has 1 fully saturated rings. The Morgan fingerprint density at radius 3 is 2.47 bits per heavy atom. The van der Waals surface area contributed by atoms with E-state index in [4.69, 9.17) is 11.6 Å². The van der Waals surface area contributed by atoms with Crippen molar-refractivity contribution in [2.24, 2.45) is 0 Å². The average Bonchev–Trinajstić information content (AvgIpc) is 3.53. The molecule has 4 rings (SSSR count). The number of Topliss-reactive ketones (excluding diaryl/α,β-unsaturated/α-hetero) is 1. The summed E-state index contributed by atoms with van der Waals surface area (Å²) in [6, 6.07) is 13.3. The van der Waals surface area contributed by atoms with Gasteiger partial charge in [-0.1, -0.05) is 41.6 Å². The van der Waals surface area contributed by atoms with Gasteiger partial charge in [-0.05, 0) is 43.2 Å². The molecule has 1 amide bonds. The van der Waals surface area contributed by atoms with Crippen LogP contribution in [0.2, 0.25) is 5.02 Å². The highest BCUT2D eigenvalue weighted by molar-refractivity contribution is 7.99. The molecule has 0 spiro atoms. The van der Waals surface area contributed by atoms with E-state index >= 15 is 0 Å². The van der Waals surface area contributed by atoms with E-state index in [9.17, 15) is 18.0 Å². The van der Waals surface area contributed by atoms with Crippen molar-refractivity contribution in [2.75, 3.05) is 25.4 Å². The van der Waals surface area contributed by atoms with E-state index < -0.39 is 10.0 Å². The van der Waals surface area contributed by atoms with Gasteiger partial charge in [-0.15, -0.1) is 10.2 Å². The zero-order chi connectivity index (χ0) is 25.7. The fraction of sp³-hybridized carbons (Fsp3) is 0.333. The minimum Gasteiger partial charge on any atom is -0.356 e. The highest BCUT2D eigenvalue weighted by Gasteiger charge is 2.27. The standard InChI is InChI=1S/C24H26ClN5O4S2/c1-17(31)26-12-11-23-27-28-24(30(23)20-6-4-5-19(25)15-20)35-16-22(32)18-7-9-21(10-8-18)36(33,34)29-13-2-3-14-29/h4-10,15H,2-3,11-14,16H2,1H3,(H,26,31). The summed E-state index contributed by atoms with van der Waals surface area (Å²) in [5.41, 5.74) is 1.17. The number of benzene rings is 2. The highest BCUT2D eigenvalue weighted by Crippen LogP contribution is 2.26. The molecule has 2 aromatic carbocycles. The van der Waals surface area contributed by atoms with Gasteiger partial charge in [-0.3, -0.25) is 14.2 Å². The summed E-state index contributed by atoms with van der Waals surface area (Å²) in [5.74, 6) is 0.411. The Balaban J connectivity index is 1.48. The molecular weight excluding hydrogens is 522 g/mol. The Kier molecular flexibility index (Phi) is 8.45. The van der Waals surface area contributed by atoms with Crippen molar-refractivity contribution in [3.63, 3.8) is 0 Å². The van der Waals surface area contributed by atoms with Crippen LogP contribution in [0, 0.1) is 0 Å². The van der Waals surface area contributed by atoms with Crippen LogP contribution in [-0.4, -0.2) is 64.6 Å². The number of rotatable bonds is 10. The largest absolute Gasteiger partial charge is 0.356 e. The van der Waals surface area contributed by atoms with E-state index in [1.165, 1.54) is 35.1 Å². The first kappa shape index (κ1) is 26.3. The molecule has 1 aliphatic heterocycles. The number of thioether (sulfide) groups is 1. The summed E-state index contributed by atoms with van der Waals surface area (Å²) < 4.78 is 28.7. The van der Waals surface area contributed by atoms with Crippen molar-refractivity contribution >= 4 is 45.1 Å². The lowest BCUT2D eigenvalue weighted by molar-refractivity contribution is -0.118. The van der Waals surface area contributed by atoms with E-state index in [0.717, 1.165) is 18.5 Å². The summed E-state index contributed by atoms with van der Waals surface area (Å²) in [6.45, 7) is 2.90. The van der Waals surface area contributed by atoms with Crippen LogP contribution in [0.5, 0.6) is 0 Å². The van der Waals surface area contributed by atoms with Crippen molar-refractivity contribution in [2.45, 2.75) is 36.2 Å². The van der Waals surface area contributed by atoms with Crippen LogP contribution in [0.4, 0.5) is 0 Å². The van der Waals surface area contributed by atoms with Gasteiger partial charge < -0.3 is 5.32 Å². The zero-order valence-corrected chi connectivity index (χ0v) is 22.1. The maximum absolute atomic E-state index is 12.9. The Labute approximate surface area is 219 Å². The number of sulfonamides is 1. The molecule has 0 radical (unpaired) electrons. The number of hydrogen-bond donors (Lipinski definition) is 1. The molecule has 9 nitrogen and oxygen atoms in total. The van der Waals surface area contributed by atoms with Crippen LogP contribution in [-0.2, 0) is 21.2 Å². The fourth-order valence-electron chi connectivity index (χ4n) is 3.88. The molecule has 1 saturated heterocycles. The molecule has 3 aromatic rings. The first-order valence-electron chi connectivity index (χ1n) is 11.5. The molecule has 12 heteroatoms. The molecule has 0 aliphatic carbocycles. The quantitative estimate of drug-likeness (QED) is 0.306. The highest BCUT2D eigenvalue weighted by atomic mass is 35.5. The third-order valence-electron chi connectivity index (χ3n) is 5.70. The Hall–Kier alpha value is -2.73. The van der Waals surface area contributed by atoms with Gasteiger partial charge in [0.15, 0.2) is 10.9 Å². The number of hydrogen-bond acceptors (Lipinski definition) is 7. The molecule has 0 bridgehead atoms. The summed E-state index contributed by atoms with van der Waals surface area (Å²) in [4.78, 5) is 24.3. The summed E-state index contributed by atoms with van der Waals surface area (Å²) >= 11 is 7.41. The molecule has 1 aromatic heterocycles. The molecule has 1 aliphatic rings. The maximum atomic E-state index is 12.9. The molecule has 2 heterocycles. The van der Waals surface area contributed by atoms with Gasteiger partial charge in [-0.25, -0.2) is 8.42 Å². The number of carbonyl (C=O) groups excluding carboxylic acids is 2. The fourth-order valence-corrected chi connectivity index (χ4v) is 6.45. The maximum Gasteiger partial charge on any atom is 0.243 e. The van der Waals surface area contributed by atoms with Gasteiger partial charge in [0.2, 0.25) is 15.9 Å². The van der Waals surface area contributed by atoms with Crippen molar-refractivity contribution in [1.29, 1.82) is 0 Å². The Morgan fingerprint density at radius 1 is 1.08 bits per heavy atom. The molecule has 0 saturated carbocycles. The van der Waals surface area contributed by atoms with Crippen molar-refractivity contribution in [1.82, 2.24) is 24.4 Å². The minimum atomic E-state index is -3.53. The number of nitrogens with zero attached hydrogens (tertiary/aromatic N) is 4. The monoisotopic (exact) mass is 547 g/mol. The van der Waals surface area contributed by atoms with Gasteiger partial charge in [0.1, 0.15) is 5.82 Å². The van der Waals surface area contributed by atoms with Crippen molar-refractivity contribution in [3.8, 4) is 5.69 Å². The Bertz CT molecular complexity index is 1350. The second-order valence-corrected chi connectivity index (χ2v) is 11.6. The van der Waals surface area contributed by atoms with Crippen molar-refractivity contribution < 1.29 is 18.0 Å².